The number of carboxylic acid groups (broad SMARTS) is 1. The molecule has 0 saturated heterocycles. The number of carboxylic acids is 1. The molecule has 0 aromatic heterocycles. The second kappa shape index (κ2) is 4.88. The number of aromatic carboxylic acids is 1. The number of hydrogen-bond acceptors (Lipinski definition) is 1. The van der Waals surface area contributed by atoms with Crippen LogP contribution in [0.2, 0.25) is 0 Å². The van der Waals surface area contributed by atoms with Gasteiger partial charge in [0.2, 0.25) is 0 Å². The van der Waals surface area contributed by atoms with Gasteiger partial charge in [-0.25, -0.2) is 4.79 Å². The molecule has 19 heavy (non-hydrogen) atoms. The first-order valence-corrected chi connectivity index (χ1v) is 6.32. The van der Waals surface area contributed by atoms with Crippen LogP contribution in [0.25, 0.3) is 11.1 Å². The van der Waals surface area contributed by atoms with Gasteiger partial charge in [-0.3, -0.25) is 0 Å². The highest BCUT2D eigenvalue weighted by atomic mass is 16.4. The van der Waals surface area contributed by atoms with E-state index >= 15 is 0 Å². The van der Waals surface area contributed by atoms with Crippen LogP contribution in [0.4, 0.5) is 0 Å². The fraction of sp³-hybridized carbons (Fsp3) is 0.235. The summed E-state index contributed by atoms with van der Waals surface area (Å²) in [7, 11) is 0. The van der Waals surface area contributed by atoms with E-state index in [2.05, 4.69) is 32.9 Å². The molecule has 2 nitrogen and oxygen atoms in total. The van der Waals surface area contributed by atoms with Gasteiger partial charge in [0.25, 0.3) is 0 Å². The molecular formula is C17H18O2. The normalized spacial score (nSPS) is 11.3. The molecule has 98 valence electrons. The van der Waals surface area contributed by atoms with Crippen LogP contribution in [-0.4, -0.2) is 11.1 Å². The Bertz CT molecular complexity index is 589. The second-order valence-corrected chi connectivity index (χ2v) is 5.71. The van der Waals surface area contributed by atoms with Crippen molar-refractivity contribution in [3.63, 3.8) is 0 Å². The summed E-state index contributed by atoms with van der Waals surface area (Å²) in [5.74, 6) is -0.894. The molecule has 0 atom stereocenters. The van der Waals surface area contributed by atoms with Crippen molar-refractivity contribution in [2.24, 2.45) is 0 Å². The molecule has 0 aliphatic heterocycles. The minimum absolute atomic E-state index is 0.108. The lowest BCUT2D eigenvalue weighted by Crippen LogP contribution is -2.10. The molecule has 0 spiro atoms. The van der Waals surface area contributed by atoms with E-state index in [1.807, 2.05) is 24.3 Å². The molecular weight excluding hydrogens is 236 g/mol. The van der Waals surface area contributed by atoms with Crippen molar-refractivity contribution in [1.82, 2.24) is 0 Å². The van der Waals surface area contributed by atoms with Gasteiger partial charge < -0.3 is 5.11 Å². The highest BCUT2D eigenvalue weighted by molar-refractivity contribution is 5.88. The molecule has 0 saturated carbocycles. The van der Waals surface area contributed by atoms with E-state index in [0.717, 1.165) is 11.1 Å². The van der Waals surface area contributed by atoms with Crippen molar-refractivity contribution in [3.05, 3.63) is 59.7 Å². The van der Waals surface area contributed by atoms with Crippen molar-refractivity contribution in [3.8, 4) is 11.1 Å². The molecule has 2 heteroatoms. The van der Waals surface area contributed by atoms with Crippen molar-refractivity contribution in [2.45, 2.75) is 26.2 Å². The Kier molecular flexibility index (Phi) is 3.43. The maximum atomic E-state index is 10.8. The molecule has 2 aromatic rings. The van der Waals surface area contributed by atoms with Crippen molar-refractivity contribution < 1.29 is 9.90 Å². The van der Waals surface area contributed by atoms with Gasteiger partial charge in [-0.05, 0) is 34.2 Å². The zero-order valence-corrected chi connectivity index (χ0v) is 11.5. The molecule has 0 bridgehead atoms. The molecule has 0 aliphatic carbocycles. The minimum Gasteiger partial charge on any atom is -0.478 e. The maximum absolute atomic E-state index is 10.8. The molecule has 0 radical (unpaired) electrons. The van der Waals surface area contributed by atoms with Crippen LogP contribution in [0.1, 0.15) is 36.7 Å². The topological polar surface area (TPSA) is 37.3 Å². The minimum atomic E-state index is -0.894. The number of rotatable bonds is 2. The summed E-state index contributed by atoms with van der Waals surface area (Å²) in [6.07, 6.45) is 0. The first-order chi connectivity index (χ1) is 8.88. The van der Waals surface area contributed by atoms with Gasteiger partial charge in [0.15, 0.2) is 0 Å². The summed E-state index contributed by atoms with van der Waals surface area (Å²) in [4.78, 5) is 10.8. The Morgan fingerprint density at radius 3 is 2.11 bits per heavy atom. The Morgan fingerprint density at radius 2 is 1.58 bits per heavy atom. The zero-order chi connectivity index (χ0) is 14.0. The fourth-order valence-electron chi connectivity index (χ4n) is 1.97. The van der Waals surface area contributed by atoms with E-state index < -0.39 is 5.97 Å². The van der Waals surface area contributed by atoms with Crippen LogP contribution in [0.5, 0.6) is 0 Å². The van der Waals surface area contributed by atoms with Gasteiger partial charge in [-0.1, -0.05) is 57.2 Å². The SMILES string of the molecule is CC(C)(C)c1cccc(-c2ccc(C(=O)O)cc2)c1. The first-order valence-electron chi connectivity index (χ1n) is 6.32. The average Bonchev–Trinajstić information content (AvgIpc) is 2.38. The van der Waals surface area contributed by atoms with Crippen LogP contribution in [-0.2, 0) is 5.41 Å². The summed E-state index contributed by atoms with van der Waals surface area (Å²) in [5.41, 5.74) is 3.85. The lowest BCUT2D eigenvalue weighted by molar-refractivity contribution is 0.0697. The van der Waals surface area contributed by atoms with E-state index in [-0.39, 0.29) is 5.41 Å². The smallest absolute Gasteiger partial charge is 0.335 e. The van der Waals surface area contributed by atoms with Crippen LogP contribution >= 0.6 is 0 Å². The van der Waals surface area contributed by atoms with E-state index in [0.29, 0.717) is 5.56 Å². The third-order valence-corrected chi connectivity index (χ3v) is 3.19. The fourth-order valence-corrected chi connectivity index (χ4v) is 1.97. The summed E-state index contributed by atoms with van der Waals surface area (Å²) in [6, 6.07) is 15.4. The number of hydrogen-bond donors (Lipinski definition) is 1. The van der Waals surface area contributed by atoms with Crippen molar-refractivity contribution in [1.29, 1.82) is 0 Å². The molecule has 0 heterocycles. The molecule has 2 aromatic carbocycles. The molecule has 0 aliphatic rings. The van der Waals surface area contributed by atoms with Crippen LogP contribution in [0, 0.1) is 0 Å². The third kappa shape index (κ3) is 3.02. The van der Waals surface area contributed by atoms with Crippen molar-refractivity contribution >= 4 is 5.97 Å². The summed E-state index contributed by atoms with van der Waals surface area (Å²) >= 11 is 0. The number of benzene rings is 2. The van der Waals surface area contributed by atoms with E-state index in [1.165, 1.54) is 5.56 Å². The largest absolute Gasteiger partial charge is 0.478 e. The second-order valence-electron chi connectivity index (χ2n) is 5.71. The van der Waals surface area contributed by atoms with Gasteiger partial charge in [-0.2, -0.15) is 0 Å². The van der Waals surface area contributed by atoms with Gasteiger partial charge in [0, 0.05) is 0 Å². The summed E-state index contributed by atoms with van der Waals surface area (Å²) in [6.45, 7) is 6.54. The third-order valence-electron chi connectivity index (χ3n) is 3.19. The molecule has 1 N–H and O–H groups in total. The highest BCUT2D eigenvalue weighted by Gasteiger charge is 2.14. The Hall–Kier alpha value is -2.09. The highest BCUT2D eigenvalue weighted by Crippen LogP contribution is 2.27. The van der Waals surface area contributed by atoms with Gasteiger partial charge in [0.05, 0.1) is 5.56 Å². The molecule has 0 amide bonds. The standard InChI is InChI=1S/C17H18O2/c1-17(2,3)15-6-4-5-14(11-15)12-7-9-13(10-8-12)16(18)19/h4-11H,1-3H3,(H,18,19). The van der Waals surface area contributed by atoms with Gasteiger partial charge >= 0.3 is 5.97 Å². The monoisotopic (exact) mass is 254 g/mol. The van der Waals surface area contributed by atoms with Crippen LogP contribution in [0.3, 0.4) is 0 Å². The average molecular weight is 254 g/mol. The summed E-state index contributed by atoms with van der Waals surface area (Å²) < 4.78 is 0. The Labute approximate surface area is 113 Å². The lowest BCUT2D eigenvalue weighted by Gasteiger charge is -2.19. The predicted molar refractivity (Wildman–Crippen MR) is 77.5 cm³/mol. The van der Waals surface area contributed by atoms with Crippen LogP contribution < -0.4 is 0 Å². The quantitative estimate of drug-likeness (QED) is 0.865. The molecule has 2 rings (SSSR count). The first kappa shape index (κ1) is 13.3. The maximum Gasteiger partial charge on any atom is 0.335 e. The predicted octanol–water partition coefficient (Wildman–Crippen LogP) is 4.35. The van der Waals surface area contributed by atoms with E-state index in [1.54, 1.807) is 12.1 Å². The Morgan fingerprint density at radius 1 is 0.947 bits per heavy atom. The number of carbonyl (C=O) groups is 1. The zero-order valence-electron chi connectivity index (χ0n) is 11.5. The van der Waals surface area contributed by atoms with E-state index in [4.69, 9.17) is 5.11 Å². The summed E-state index contributed by atoms with van der Waals surface area (Å²) in [5, 5.41) is 8.90. The molecule has 0 unspecified atom stereocenters. The van der Waals surface area contributed by atoms with Crippen LogP contribution in [0.15, 0.2) is 48.5 Å². The van der Waals surface area contributed by atoms with Crippen molar-refractivity contribution in [2.75, 3.05) is 0 Å². The van der Waals surface area contributed by atoms with Gasteiger partial charge in [0.1, 0.15) is 0 Å². The molecule has 0 fully saturated rings. The lowest BCUT2D eigenvalue weighted by atomic mass is 9.85. The van der Waals surface area contributed by atoms with Gasteiger partial charge in [-0.15, -0.1) is 0 Å². The Balaban J connectivity index is 2.39. The van der Waals surface area contributed by atoms with E-state index in [9.17, 15) is 4.79 Å².